The van der Waals surface area contributed by atoms with Crippen LogP contribution in [0.15, 0.2) is 54.6 Å². The van der Waals surface area contributed by atoms with Gasteiger partial charge in [0.15, 0.2) is 0 Å². The molecule has 0 saturated heterocycles. The molecule has 2 aromatic rings. The third-order valence-electron chi connectivity index (χ3n) is 4.94. The van der Waals surface area contributed by atoms with Crippen molar-refractivity contribution in [3.05, 3.63) is 71.3 Å². The molecule has 3 heteroatoms. The number of aliphatic hydroxyl groups is 2. The van der Waals surface area contributed by atoms with Crippen LogP contribution in [-0.2, 0) is 18.6 Å². The van der Waals surface area contributed by atoms with Gasteiger partial charge in [0.25, 0.3) is 0 Å². The average molecular weight is 325 g/mol. The molecule has 0 spiro atoms. The molecule has 0 heterocycles. The number of fused-ring (bicyclic) bond motifs is 1. The second-order valence-corrected chi connectivity index (χ2v) is 6.82. The van der Waals surface area contributed by atoms with Gasteiger partial charge in [-0.1, -0.05) is 54.6 Å². The minimum atomic E-state index is -0.759. The minimum Gasteiger partial charge on any atom is -0.396 e. The van der Waals surface area contributed by atoms with Crippen LogP contribution in [0.1, 0.15) is 36.0 Å². The molecule has 3 rings (SSSR count). The first-order chi connectivity index (χ1) is 11.7. The van der Waals surface area contributed by atoms with Crippen LogP contribution in [0.25, 0.3) is 0 Å². The second-order valence-electron chi connectivity index (χ2n) is 6.82. The maximum absolute atomic E-state index is 11.3. The fraction of sp³-hybridized carbons (Fsp3) is 0.429. The number of hydrogen-bond acceptors (Lipinski definition) is 3. The van der Waals surface area contributed by atoms with Crippen LogP contribution in [-0.4, -0.2) is 34.8 Å². The number of rotatable bonds is 8. The number of hydrogen-bond donors (Lipinski definition) is 2. The Morgan fingerprint density at radius 2 is 1.71 bits per heavy atom. The van der Waals surface area contributed by atoms with Crippen molar-refractivity contribution in [2.75, 3.05) is 19.7 Å². The smallest absolute Gasteiger partial charge is 0.103 e. The van der Waals surface area contributed by atoms with Gasteiger partial charge in [-0.25, -0.2) is 0 Å². The highest BCUT2D eigenvalue weighted by Gasteiger charge is 2.37. The molecule has 1 unspecified atom stereocenters. The van der Waals surface area contributed by atoms with Gasteiger partial charge in [0.2, 0.25) is 0 Å². The zero-order valence-corrected chi connectivity index (χ0v) is 14.2. The first-order valence-corrected chi connectivity index (χ1v) is 8.89. The summed E-state index contributed by atoms with van der Waals surface area (Å²) in [6.07, 6.45) is 3.49. The van der Waals surface area contributed by atoms with Crippen molar-refractivity contribution in [1.82, 2.24) is 4.90 Å². The van der Waals surface area contributed by atoms with E-state index in [9.17, 15) is 5.11 Å². The Morgan fingerprint density at radius 3 is 2.50 bits per heavy atom. The van der Waals surface area contributed by atoms with Crippen LogP contribution in [0.4, 0.5) is 0 Å². The second kappa shape index (κ2) is 7.93. The Morgan fingerprint density at radius 1 is 0.958 bits per heavy atom. The van der Waals surface area contributed by atoms with Crippen molar-refractivity contribution >= 4 is 0 Å². The molecule has 0 saturated carbocycles. The molecule has 0 radical (unpaired) electrons. The lowest BCUT2D eigenvalue weighted by Gasteiger charge is -2.32. The van der Waals surface area contributed by atoms with Gasteiger partial charge >= 0.3 is 0 Å². The van der Waals surface area contributed by atoms with Crippen LogP contribution >= 0.6 is 0 Å². The number of nitrogens with zero attached hydrogens (tertiary/aromatic N) is 1. The normalized spacial score (nSPS) is 19.6. The topological polar surface area (TPSA) is 43.7 Å². The molecular weight excluding hydrogens is 298 g/mol. The predicted octanol–water partition coefficient (Wildman–Crippen LogP) is 3.10. The maximum atomic E-state index is 11.3. The summed E-state index contributed by atoms with van der Waals surface area (Å²) in [7, 11) is 0. The predicted molar refractivity (Wildman–Crippen MR) is 96.7 cm³/mol. The van der Waals surface area contributed by atoms with Gasteiger partial charge in [0.1, 0.15) is 5.60 Å². The van der Waals surface area contributed by atoms with Crippen LogP contribution < -0.4 is 0 Å². The number of aryl methyl sites for hydroxylation is 1. The lowest BCUT2D eigenvalue weighted by atomic mass is 9.95. The monoisotopic (exact) mass is 325 g/mol. The zero-order chi connectivity index (χ0) is 16.8. The Balaban J connectivity index is 1.73. The molecule has 1 atom stereocenters. The average Bonchev–Trinajstić information content (AvgIpc) is 2.93. The minimum absolute atomic E-state index is 0.228. The van der Waals surface area contributed by atoms with Gasteiger partial charge in [0.05, 0.1) is 0 Å². The van der Waals surface area contributed by atoms with E-state index in [4.69, 9.17) is 5.11 Å². The molecule has 2 aromatic carbocycles. The molecule has 0 amide bonds. The molecule has 0 fully saturated rings. The summed E-state index contributed by atoms with van der Waals surface area (Å²) < 4.78 is 0. The van der Waals surface area contributed by atoms with E-state index in [1.165, 1.54) is 11.1 Å². The summed E-state index contributed by atoms with van der Waals surface area (Å²) in [5.41, 5.74) is 2.86. The summed E-state index contributed by atoms with van der Waals surface area (Å²) >= 11 is 0. The molecule has 24 heavy (non-hydrogen) atoms. The van der Waals surface area contributed by atoms with E-state index in [2.05, 4.69) is 41.3 Å². The fourth-order valence-electron chi connectivity index (χ4n) is 3.71. The van der Waals surface area contributed by atoms with E-state index in [0.29, 0.717) is 6.54 Å². The van der Waals surface area contributed by atoms with Gasteiger partial charge in [-0.3, -0.25) is 4.90 Å². The third kappa shape index (κ3) is 4.04. The first kappa shape index (κ1) is 17.2. The van der Waals surface area contributed by atoms with Crippen LogP contribution in [0.2, 0.25) is 0 Å². The van der Waals surface area contributed by atoms with Crippen molar-refractivity contribution in [1.29, 1.82) is 0 Å². The van der Waals surface area contributed by atoms with E-state index in [0.717, 1.165) is 44.3 Å². The quantitative estimate of drug-likeness (QED) is 0.733. The number of unbranched alkanes of at least 4 members (excludes halogenated alkanes) is 1. The van der Waals surface area contributed by atoms with Crippen molar-refractivity contribution < 1.29 is 10.2 Å². The molecule has 0 bridgehead atoms. The third-order valence-corrected chi connectivity index (χ3v) is 4.94. The van der Waals surface area contributed by atoms with E-state index in [1.807, 2.05) is 18.2 Å². The molecule has 3 nitrogen and oxygen atoms in total. The molecule has 2 N–H and O–H groups in total. The summed E-state index contributed by atoms with van der Waals surface area (Å²) in [4.78, 5) is 2.33. The van der Waals surface area contributed by atoms with Gasteiger partial charge in [-0.2, -0.15) is 0 Å². The fourth-order valence-corrected chi connectivity index (χ4v) is 3.71. The Kier molecular flexibility index (Phi) is 5.67. The SMILES string of the molecule is OCCCCN(Cc1ccccc1)CC1(O)CCc2ccccc21. The van der Waals surface area contributed by atoms with E-state index >= 15 is 0 Å². The van der Waals surface area contributed by atoms with Crippen LogP contribution in [0, 0.1) is 0 Å². The first-order valence-electron chi connectivity index (χ1n) is 8.89. The summed E-state index contributed by atoms with van der Waals surface area (Å²) in [5, 5.41) is 20.3. The summed E-state index contributed by atoms with van der Waals surface area (Å²) in [5.74, 6) is 0. The highest BCUT2D eigenvalue weighted by atomic mass is 16.3. The van der Waals surface area contributed by atoms with Gasteiger partial charge in [-0.15, -0.1) is 0 Å². The molecular formula is C21H27NO2. The summed E-state index contributed by atoms with van der Waals surface area (Å²) in [6, 6.07) is 18.7. The maximum Gasteiger partial charge on any atom is 0.103 e. The van der Waals surface area contributed by atoms with E-state index < -0.39 is 5.60 Å². The van der Waals surface area contributed by atoms with Crippen molar-refractivity contribution in [2.45, 2.75) is 37.8 Å². The Labute approximate surface area is 144 Å². The molecule has 1 aliphatic rings. The Hall–Kier alpha value is -1.68. The zero-order valence-electron chi connectivity index (χ0n) is 14.2. The largest absolute Gasteiger partial charge is 0.396 e. The standard InChI is InChI=1S/C21H27NO2/c23-15-7-6-14-22(16-18-8-2-1-3-9-18)17-21(24)13-12-19-10-4-5-11-20(19)21/h1-5,8-11,23-24H,6-7,12-17H2. The molecule has 128 valence electrons. The molecule has 0 aliphatic heterocycles. The summed E-state index contributed by atoms with van der Waals surface area (Å²) in [6.45, 7) is 2.59. The molecule has 0 aromatic heterocycles. The molecule has 1 aliphatic carbocycles. The van der Waals surface area contributed by atoms with E-state index in [-0.39, 0.29) is 6.61 Å². The van der Waals surface area contributed by atoms with Gasteiger partial charge in [0, 0.05) is 19.7 Å². The van der Waals surface area contributed by atoms with Crippen molar-refractivity contribution in [3.8, 4) is 0 Å². The number of aliphatic hydroxyl groups excluding tert-OH is 1. The van der Waals surface area contributed by atoms with E-state index in [1.54, 1.807) is 0 Å². The lowest BCUT2D eigenvalue weighted by molar-refractivity contribution is -0.00249. The highest BCUT2D eigenvalue weighted by Crippen LogP contribution is 2.37. The van der Waals surface area contributed by atoms with Crippen LogP contribution in [0.5, 0.6) is 0 Å². The van der Waals surface area contributed by atoms with Gasteiger partial charge < -0.3 is 10.2 Å². The van der Waals surface area contributed by atoms with Crippen LogP contribution in [0.3, 0.4) is 0 Å². The van der Waals surface area contributed by atoms with Crippen molar-refractivity contribution in [3.63, 3.8) is 0 Å². The number of benzene rings is 2. The highest BCUT2D eigenvalue weighted by molar-refractivity contribution is 5.37. The Bertz CT molecular complexity index is 643. The van der Waals surface area contributed by atoms with Gasteiger partial charge in [-0.05, 0) is 48.9 Å². The van der Waals surface area contributed by atoms with Crippen molar-refractivity contribution in [2.24, 2.45) is 0 Å². The lowest BCUT2D eigenvalue weighted by Crippen LogP contribution is -2.39.